The standard InChI is InChI=1S/C13H16N4O2S/c14-10-7-6-9(19-10)11(18)15-13-17-16-12(20-13)8-4-2-1-3-5-8/h6-8H,1-5,14H2,(H,15,17,18). The highest BCUT2D eigenvalue weighted by molar-refractivity contribution is 7.15. The second-order valence-electron chi connectivity index (χ2n) is 4.94. The topological polar surface area (TPSA) is 94.0 Å². The molecule has 3 rings (SSSR count). The Kier molecular flexibility index (Phi) is 3.68. The van der Waals surface area contributed by atoms with Gasteiger partial charge >= 0.3 is 0 Å². The Hall–Kier alpha value is -1.89. The number of hydrogen-bond donors (Lipinski definition) is 2. The number of aromatic nitrogens is 2. The molecule has 0 unspecified atom stereocenters. The SMILES string of the molecule is Nc1ccc(C(=O)Nc2nnc(C3CCCCC3)s2)o1. The van der Waals surface area contributed by atoms with Gasteiger partial charge in [0.25, 0.3) is 5.91 Å². The molecule has 0 aromatic carbocycles. The van der Waals surface area contributed by atoms with Gasteiger partial charge in [0.05, 0.1) is 0 Å². The van der Waals surface area contributed by atoms with E-state index in [4.69, 9.17) is 10.2 Å². The van der Waals surface area contributed by atoms with Gasteiger partial charge in [-0.15, -0.1) is 10.2 Å². The molecule has 7 heteroatoms. The molecular formula is C13H16N4O2S. The predicted octanol–water partition coefficient (Wildman–Crippen LogP) is 3.01. The molecule has 3 N–H and O–H groups in total. The number of rotatable bonds is 3. The van der Waals surface area contributed by atoms with Gasteiger partial charge in [-0.2, -0.15) is 0 Å². The zero-order chi connectivity index (χ0) is 13.9. The Morgan fingerprint density at radius 2 is 2.10 bits per heavy atom. The van der Waals surface area contributed by atoms with Crippen molar-refractivity contribution >= 4 is 28.3 Å². The van der Waals surface area contributed by atoms with Crippen molar-refractivity contribution < 1.29 is 9.21 Å². The summed E-state index contributed by atoms with van der Waals surface area (Å²) in [4.78, 5) is 11.9. The van der Waals surface area contributed by atoms with Crippen LogP contribution in [0.15, 0.2) is 16.5 Å². The third-order valence-electron chi connectivity index (χ3n) is 3.47. The molecule has 0 atom stereocenters. The molecule has 2 aromatic rings. The molecule has 2 aromatic heterocycles. The molecule has 0 spiro atoms. The minimum atomic E-state index is -0.354. The lowest BCUT2D eigenvalue weighted by Crippen LogP contribution is -2.10. The van der Waals surface area contributed by atoms with Crippen LogP contribution in [0.1, 0.15) is 53.6 Å². The molecule has 1 amide bonds. The first-order valence-electron chi connectivity index (χ1n) is 6.72. The number of carbonyl (C=O) groups excluding carboxylic acids is 1. The number of furan rings is 1. The minimum Gasteiger partial charge on any atom is -0.436 e. The van der Waals surface area contributed by atoms with Gasteiger partial charge < -0.3 is 10.2 Å². The van der Waals surface area contributed by atoms with Crippen LogP contribution < -0.4 is 11.1 Å². The van der Waals surface area contributed by atoms with Crippen molar-refractivity contribution in [2.75, 3.05) is 11.1 Å². The molecule has 0 aliphatic heterocycles. The lowest BCUT2D eigenvalue weighted by Gasteiger charge is -2.18. The Balaban J connectivity index is 1.66. The van der Waals surface area contributed by atoms with Crippen LogP contribution in [0.4, 0.5) is 11.0 Å². The van der Waals surface area contributed by atoms with Gasteiger partial charge in [-0.25, -0.2) is 0 Å². The number of nitrogen functional groups attached to an aromatic ring is 1. The fourth-order valence-electron chi connectivity index (χ4n) is 2.43. The van der Waals surface area contributed by atoms with Gasteiger partial charge in [0.15, 0.2) is 11.6 Å². The maximum atomic E-state index is 11.9. The van der Waals surface area contributed by atoms with E-state index >= 15 is 0 Å². The van der Waals surface area contributed by atoms with E-state index in [9.17, 15) is 4.79 Å². The quantitative estimate of drug-likeness (QED) is 0.906. The van der Waals surface area contributed by atoms with Crippen molar-refractivity contribution in [3.63, 3.8) is 0 Å². The Morgan fingerprint density at radius 3 is 2.80 bits per heavy atom. The molecular weight excluding hydrogens is 276 g/mol. The zero-order valence-corrected chi connectivity index (χ0v) is 11.8. The van der Waals surface area contributed by atoms with Crippen LogP contribution >= 0.6 is 11.3 Å². The highest BCUT2D eigenvalue weighted by atomic mass is 32.1. The number of nitrogens with one attached hydrogen (secondary N) is 1. The van der Waals surface area contributed by atoms with Crippen molar-refractivity contribution in [3.05, 3.63) is 22.9 Å². The first-order chi connectivity index (χ1) is 9.72. The largest absolute Gasteiger partial charge is 0.436 e. The van der Waals surface area contributed by atoms with E-state index in [2.05, 4.69) is 15.5 Å². The van der Waals surface area contributed by atoms with Crippen LogP contribution in [0.5, 0.6) is 0 Å². The van der Waals surface area contributed by atoms with Crippen molar-refractivity contribution in [2.24, 2.45) is 0 Å². The molecule has 0 bridgehead atoms. The molecule has 0 saturated heterocycles. The van der Waals surface area contributed by atoms with Crippen molar-refractivity contribution in [3.8, 4) is 0 Å². The summed E-state index contributed by atoms with van der Waals surface area (Å²) in [5.74, 6) is 0.534. The van der Waals surface area contributed by atoms with Crippen LogP contribution in [0, 0.1) is 0 Å². The highest BCUT2D eigenvalue weighted by Crippen LogP contribution is 2.35. The van der Waals surface area contributed by atoms with Crippen molar-refractivity contribution in [1.29, 1.82) is 0 Å². The summed E-state index contributed by atoms with van der Waals surface area (Å²) in [7, 11) is 0. The fraction of sp³-hybridized carbons (Fsp3) is 0.462. The van der Waals surface area contributed by atoms with Crippen LogP contribution in [-0.4, -0.2) is 16.1 Å². The zero-order valence-electron chi connectivity index (χ0n) is 11.0. The van der Waals surface area contributed by atoms with Gasteiger partial charge in [0.2, 0.25) is 5.13 Å². The molecule has 1 aliphatic rings. The van der Waals surface area contributed by atoms with E-state index in [0.29, 0.717) is 11.0 Å². The summed E-state index contributed by atoms with van der Waals surface area (Å²) < 4.78 is 5.06. The average molecular weight is 292 g/mol. The van der Waals surface area contributed by atoms with Crippen LogP contribution in [-0.2, 0) is 0 Å². The fourth-order valence-corrected chi connectivity index (χ4v) is 3.34. The first-order valence-corrected chi connectivity index (χ1v) is 7.54. The maximum Gasteiger partial charge on any atom is 0.293 e. The Morgan fingerprint density at radius 1 is 1.30 bits per heavy atom. The molecule has 1 aliphatic carbocycles. The Bertz CT molecular complexity index is 601. The van der Waals surface area contributed by atoms with E-state index in [0.717, 1.165) is 17.8 Å². The molecule has 6 nitrogen and oxygen atoms in total. The Labute approximate surface area is 120 Å². The number of nitrogens with zero attached hydrogens (tertiary/aromatic N) is 2. The van der Waals surface area contributed by atoms with Gasteiger partial charge in [0, 0.05) is 12.0 Å². The number of hydrogen-bond acceptors (Lipinski definition) is 6. The monoisotopic (exact) mass is 292 g/mol. The van der Waals surface area contributed by atoms with Gasteiger partial charge in [-0.3, -0.25) is 10.1 Å². The summed E-state index contributed by atoms with van der Waals surface area (Å²) in [6, 6.07) is 3.08. The summed E-state index contributed by atoms with van der Waals surface area (Å²) in [5.41, 5.74) is 5.44. The molecule has 0 radical (unpaired) electrons. The van der Waals surface area contributed by atoms with E-state index in [1.807, 2.05) is 0 Å². The highest BCUT2D eigenvalue weighted by Gasteiger charge is 2.20. The lowest BCUT2D eigenvalue weighted by molar-refractivity contribution is 0.0997. The van der Waals surface area contributed by atoms with Crippen LogP contribution in [0.2, 0.25) is 0 Å². The van der Waals surface area contributed by atoms with Crippen molar-refractivity contribution in [2.45, 2.75) is 38.0 Å². The number of amides is 1. The van der Waals surface area contributed by atoms with Gasteiger partial charge in [0.1, 0.15) is 5.01 Å². The van der Waals surface area contributed by atoms with E-state index in [1.165, 1.54) is 36.7 Å². The summed E-state index contributed by atoms with van der Waals surface area (Å²) in [5, 5.41) is 12.4. The lowest BCUT2D eigenvalue weighted by atomic mass is 9.90. The third kappa shape index (κ3) is 2.82. The minimum absolute atomic E-state index is 0.178. The molecule has 106 valence electrons. The molecule has 1 saturated carbocycles. The molecule has 1 fully saturated rings. The van der Waals surface area contributed by atoms with E-state index in [-0.39, 0.29) is 17.6 Å². The molecule has 2 heterocycles. The second kappa shape index (κ2) is 5.62. The predicted molar refractivity (Wildman–Crippen MR) is 76.8 cm³/mol. The second-order valence-corrected chi connectivity index (χ2v) is 5.95. The smallest absolute Gasteiger partial charge is 0.293 e. The average Bonchev–Trinajstić information content (AvgIpc) is 3.09. The summed E-state index contributed by atoms with van der Waals surface area (Å²) in [6.45, 7) is 0. The maximum absolute atomic E-state index is 11.9. The van der Waals surface area contributed by atoms with Crippen LogP contribution in [0.3, 0.4) is 0 Å². The van der Waals surface area contributed by atoms with Crippen LogP contribution in [0.25, 0.3) is 0 Å². The third-order valence-corrected chi connectivity index (χ3v) is 4.47. The van der Waals surface area contributed by atoms with Gasteiger partial charge in [-0.05, 0) is 18.9 Å². The number of anilines is 2. The van der Waals surface area contributed by atoms with Gasteiger partial charge in [-0.1, -0.05) is 30.6 Å². The first kappa shape index (κ1) is 13.1. The number of nitrogens with two attached hydrogens (primary N) is 1. The summed E-state index contributed by atoms with van der Waals surface area (Å²) in [6.07, 6.45) is 6.13. The van der Waals surface area contributed by atoms with E-state index in [1.54, 1.807) is 6.07 Å². The normalized spacial score (nSPS) is 16.2. The number of carbonyl (C=O) groups is 1. The van der Waals surface area contributed by atoms with E-state index < -0.39 is 0 Å². The summed E-state index contributed by atoms with van der Waals surface area (Å²) >= 11 is 1.44. The van der Waals surface area contributed by atoms with Crippen molar-refractivity contribution in [1.82, 2.24) is 10.2 Å². The molecule has 20 heavy (non-hydrogen) atoms.